The molecule has 0 bridgehead atoms. The summed E-state index contributed by atoms with van der Waals surface area (Å²) in [7, 11) is 0. The third-order valence-corrected chi connectivity index (χ3v) is 2.25. The van der Waals surface area contributed by atoms with E-state index in [1.807, 2.05) is 13.0 Å². The van der Waals surface area contributed by atoms with Crippen molar-refractivity contribution >= 4 is 17.4 Å². The monoisotopic (exact) mass is 208 g/mol. The predicted molar refractivity (Wildman–Crippen MR) is 55.5 cm³/mol. The van der Waals surface area contributed by atoms with E-state index in [2.05, 4.69) is 10.1 Å². The number of hydrogen-bond acceptors (Lipinski definition) is 3. The Hall–Kier alpha value is -1.55. The lowest BCUT2D eigenvalue weighted by Gasteiger charge is -2.02. The van der Waals surface area contributed by atoms with E-state index in [0.29, 0.717) is 10.8 Å². The number of nitrogens with two attached hydrogens (primary N) is 1. The minimum absolute atomic E-state index is 0.329. The molecule has 2 aromatic rings. The van der Waals surface area contributed by atoms with Crippen molar-refractivity contribution in [1.82, 2.24) is 14.8 Å². The largest absolute Gasteiger partial charge is 0.381 e. The lowest BCUT2D eigenvalue weighted by molar-refractivity contribution is 0.870. The Morgan fingerprint density at radius 2 is 2.29 bits per heavy atom. The van der Waals surface area contributed by atoms with Crippen LogP contribution in [0, 0.1) is 6.92 Å². The first-order valence-corrected chi connectivity index (χ1v) is 4.48. The summed E-state index contributed by atoms with van der Waals surface area (Å²) >= 11 is 5.80. The number of aromatic nitrogens is 3. The molecule has 2 aromatic heterocycles. The van der Waals surface area contributed by atoms with E-state index < -0.39 is 0 Å². The molecule has 0 fully saturated rings. The molecular formula is C9H9ClN4. The van der Waals surface area contributed by atoms with Gasteiger partial charge in [-0.1, -0.05) is 11.6 Å². The molecule has 0 spiro atoms. The standard InChI is InChI=1S/C9H9ClN4/c1-6-2-3-12-4-8(6)14-5-7(10)9(11)13-14/h2-5H,1H3,(H2,11,13). The highest BCUT2D eigenvalue weighted by Crippen LogP contribution is 2.19. The second kappa shape index (κ2) is 3.31. The van der Waals surface area contributed by atoms with Crippen LogP contribution in [0.4, 0.5) is 5.82 Å². The van der Waals surface area contributed by atoms with Gasteiger partial charge in [-0.15, -0.1) is 5.10 Å². The maximum absolute atomic E-state index is 5.80. The molecule has 2 rings (SSSR count). The Labute approximate surface area is 86.3 Å². The molecule has 0 aliphatic heterocycles. The number of aryl methyl sites for hydroxylation is 1. The summed E-state index contributed by atoms with van der Waals surface area (Å²) < 4.78 is 1.62. The number of halogens is 1. The Morgan fingerprint density at radius 1 is 1.50 bits per heavy atom. The van der Waals surface area contributed by atoms with Gasteiger partial charge in [-0.05, 0) is 18.6 Å². The minimum Gasteiger partial charge on any atom is -0.381 e. The molecular weight excluding hydrogens is 200 g/mol. The van der Waals surface area contributed by atoms with Crippen LogP contribution in [0.2, 0.25) is 5.02 Å². The SMILES string of the molecule is Cc1ccncc1-n1cc(Cl)c(N)n1. The van der Waals surface area contributed by atoms with E-state index in [1.54, 1.807) is 23.3 Å². The first-order valence-electron chi connectivity index (χ1n) is 4.10. The average Bonchev–Trinajstić information content (AvgIpc) is 2.48. The van der Waals surface area contributed by atoms with Crippen LogP contribution in [-0.4, -0.2) is 14.8 Å². The quantitative estimate of drug-likeness (QED) is 0.778. The topological polar surface area (TPSA) is 56.7 Å². The number of nitrogens with zero attached hydrogens (tertiary/aromatic N) is 3. The van der Waals surface area contributed by atoms with Gasteiger partial charge in [-0.2, -0.15) is 0 Å². The predicted octanol–water partition coefficient (Wildman–Crippen LogP) is 1.81. The van der Waals surface area contributed by atoms with Crippen LogP contribution in [0.25, 0.3) is 5.69 Å². The highest BCUT2D eigenvalue weighted by molar-refractivity contribution is 6.32. The number of nitrogen functional groups attached to an aromatic ring is 1. The molecule has 14 heavy (non-hydrogen) atoms. The summed E-state index contributed by atoms with van der Waals surface area (Å²) in [6.45, 7) is 1.97. The molecule has 2 N–H and O–H groups in total. The summed E-state index contributed by atoms with van der Waals surface area (Å²) in [4.78, 5) is 4.02. The van der Waals surface area contributed by atoms with E-state index in [9.17, 15) is 0 Å². The van der Waals surface area contributed by atoms with Gasteiger partial charge in [0.15, 0.2) is 5.82 Å². The summed E-state index contributed by atoms with van der Waals surface area (Å²) in [5.41, 5.74) is 7.49. The van der Waals surface area contributed by atoms with Crippen molar-refractivity contribution < 1.29 is 0 Å². The van der Waals surface area contributed by atoms with E-state index in [4.69, 9.17) is 17.3 Å². The Morgan fingerprint density at radius 3 is 2.86 bits per heavy atom. The second-order valence-electron chi connectivity index (χ2n) is 2.97. The first kappa shape index (κ1) is 9.02. The van der Waals surface area contributed by atoms with Crippen LogP contribution in [0.15, 0.2) is 24.7 Å². The lowest BCUT2D eigenvalue weighted by atomic mass is 10.2. The molecule has 0 saturated heterocycles. The van der Waals surface area contributed by atoms with Crippen molar-refractivity contribution in [3.8, 4) is 5.69 Å². The van der Waals surface area contributed by atoms with Gasteiger partial charge in [0.05, 0.1) is 18.1 Å². The molecule has 0 aromatic carbocycles. The lowest BCUT2D eigenvalue weighted by Crippen LogP contribution is -1.99. The zero-order valence-electron chi connectivity index (χ0n) is 7.61. The molecule has 0 aliphatic carbocycles. The van der Waals surface area contributed by atoms with Gasteiger partial charge in [0.2, 0.25) is 0 Å². The molecule has 5 heteroatoms. The number of rotatable bonds is 1. The molecule has 0 amide bonds. The fourth-order valence-corrected chi connectivity index (χ4v) is 1.32. The highest BCUT2D eigenvalue weighted by atomic mass is 35.5. The van der Waals surface area contributed by atoms with Crippen molar-refractivity contribution in [3.63, 3.8) is 0 Å². The number of anilines is 1. The van der Waals surface area contributed by atoms with E-state index in [1.165, 1.54) is 0 Å². The maximum atomic E-state index is 5.80. The van der Waals surface area contributed by atoms with E-state index in [0.717, 1.165) is 11.3 Å². The van der Waals surface area contributed by atoms with Crippen LogP contribution in [0.3, 0.4) is 0 Å². The Kier molecular flexibility index (Phi) is 2.13. The molecule has 2 heterocycles. The van der Waals surface area contributed by atoms with Crippen molar-refractivity contribution in [2.45, 2.75) is 6.92 Å². The second-order valence-corrected chi connectivity index (χ2v) is 3.38. The average molecular weight is 209 g/mol. The minimum atomic E-state index is 0.329. The summed E-state index contributed by atoms with van der Waals surface area (Å²) in [6, 6.07) is 1.90. The molecule has 0 unspecified atom stereocenters. The number of pyridine rings is 1. The third-order valence-electron chi connectivity index (χ3n) is 1.95. The van der Waals surface area contributed by atoms with Crippen LogP contribution in [-0.2, 0) is 0 Å². The Bertz CT molecular complexity index is 444. The van der Waals surface area contributed by atoms with E-state index in [-0.39, 0.29) is 0 Å². The van der Waals surface area contributed by atoms with Crippen LogP contribution in [0.5, 0.6) is 0 Å². The van der Waals surface area contributed by atoms with Crippen molar-refractivity contribution in [2.24, 2.45) is 0 Å². The molecule has 0 atom stereocenters. The van der Waals surface area contributed by atoms with Gasteiger partial charge in [0.25, 0.3) is 0 Å². The summed E-state index contributed by atoms with van der Waals surface area (Å²) in [5.74, 6) is 0.329. The fourth-order valence-electron chi connectivity index (χ4n) is 1.19. The zero-order chi connectivity index (χ0) is 10.1. The molecule has 72 valence electrons. The smallest absolute Gasteiger partial charge is 0.164 e. The Balaban J connectivity index is 2.55. The van der Waals surface area contributed by atoms with E-state index >= 15 is 0 Å². The van der Waals surface area contributed by atoms with Gasteiger partial charge in [-0.25, -0.2) is 4.68 Å². The number of hydrogen-bond donors (Lipinski definition) is 1. The van der Waals surface area contributed by atoms with Gasteiger partial charge in [-0.3, -0.25) is 4.98 Å². The van der Waals surface area contributed by atoms with Crippen molar-refractivity contribution in [1.29, 1.82) is 0 Å². The van der Waals surface area contributed by atoms with Crippen LogP contribution < -0.4 is 5.73 Å². The van der Waals surface area contributed by atoms with Gasteiger partial charge < -0.3 is 5.73 Å². The zero-order valence-corrected chi connectivity index (χ0v) is 8.36. The fraction of sp³-hybridized carbons (Fsp3) is 0.111. The van der Waals surface area contributed by atoms with Gasteiger partial charge in [0.1, 0.15) is 5.02 Å². The van der Waals surface area contributed by atoms with Crippen LogP contribution >= 0.6 is 11.6 Å². The summed E-state index contributed by atoms with van der Waals surface area (Å²) in [6.07, 6.45) is 5.12. The molecule has 0 saturated carbocycles. The maximum Gasteiger partial charge on any atom is 0.164 e. The highest BCUT2D eigenvalue weighted by Gasteiger charge is 2.06. The van der Waals surface area contributed by atoms with Crippen LogP contribution in [0.1, 0.15) is 5.56 Å². The first-order chi connectivity index (χ1) is 6.68. The molecule has 0 aliphatic rings. The van der Waals surface area contributed by atoms with Gasteiger partial charge in [0, 0.05) is 6.20 Å². The normalized spacial score (nSPS) is 10.4. The third kappa shape index (κ3) is 1.44. The molecule has 4 nitrogen and oxygen atoms in total. The van der Waals surface area contributed by atoms with Crippen molar-refractivity contribution in [2.75, 3.05) is 5.73 Å². The van der Waals surface area contributed by atoms with Crippen molar-refractivity contribution in [3.05, 3.63) is 35.2 Å². The summed E-state index contributed by atoms with van der Waals surface area (Å²) in [5, 5.41) is 4.52. The van der Waals surface area contributed by atoms with Gasteiger partial charge >= 0.3 is 0 Å². The molecule has 0 radical (unpaired) electrons.